The van der Waals surface area contributed by atoms with Gasteiger partial charge in [-0.3, -0.25) is 14.6 Å². The number of carbonyl (C=O) groups excluding carboxylic acids is 2. The van der Waals surface area contributed by atoms with E-state index in [1.807, 2.05) is 30.3 Å². The molecule has 0 fully saturated rings. The second kappa shape index (κ2) is 5.35. The summed E-state index contributed by atoms with van der Waals surface area (Å²) in [4.78, 5) is 28.7. The van der Waals surface area contributed by atoms with Crippen molar-refractivity contribution in [1.82, 2.24) is 4.98 Å². The summed E-state index contributed by atoms with van der Waals surface area (Å²) in [6, 6.07) is 12.9. The van der Waals surface area contributed by atoms with E-state index in [0.29, 0.717) is 10.4 Å². The zero-order chi connectivity index (χ0) is 13.9. The van der Waals surface area contributed by atoms with Crippen molar-refractivity contribution in [1.29, 1.82) is 0 Å². The molecule has 0 amide bonds. The van der Waals surface area contributed by atoms with Gasteiger partial charge in [-0.1, -0.05) is 18.2 Å². The van der Waals surface area contributed by atoms with Crippen molar-refractivity contribution in [3.05, 3.63) is 65.3 Å². The minimum atomic E-state index is -0.171. The van der Waals surface area contributed by atoms with E-state index >= 15 is 0 Å². The van der Waals surface area contributed by atoms with Crippen LogP contribution in [0.2, 0.25) is 0 Å². The van der Waals surface area contributed by atoms with Crippen LogP contribution in [0.3, 0.4) is 0 Å². The zero-order valence-electron chi connectivity index (χ0n) is 10.6. The number of nitrogens with zero attached hydrogens (tertiary/aromatic N) is 1. The summed E-state index contributed by atoms with van der Waals surface area (Å²) < 4.78 is 1.06. The minimum absolute atomic E-state index is 0.100. The van der Waals surface area contributed by atoms with E-state index in [0.717, 1.165) is 10.1 Å². The third-order valence-electron chi connectivity index (χ3n) is 3.02. The van der Waals surface area contributed by atoms with Crippen LogP contribution in [0.5, 0.6) is 0 Å². The van der Waals surface area contributed by atoms with Crippen molar-refractivity contribution in [3.63, 3.8) is 0 Å². The fraction of sp³-hybridized carbons (Fsp3) is 0.0625. The second-order valence-electron chi connectivity index (χ2n) is 4.41. The predicted octanol–water partition coefficient (Wildman–Crippen LogP) is 3.75. The van der Waals surface area contributed by atoms with Crippen LogP contribution in [-0.2, 0) is 0 Å². The molecular weight excluding hydrogens is 270 g/mol. The first-order valence-electron chi connectivity index (χ1n) is 6.19. The first kappa shape index (κ1) is 12.7. The molecule has 0 N–H and O–H groups in total. The van der Waals surface area contributed by atoms with Crippen molar-refractivity contribution in [2.45, 2.75) is 6.42 Å². The molecule has 0 radical (unpaired) electrons. The van der Waals surface area contributed by atoms with Crippen molar-refractivity contribution < 1.29 is 9.59 Å². The van der Waals surface area contributed by atoms with E-state index < -0.39 is 0 Å². The Hall–Kier alpha value is -2.33. The Balaban J connectivity index is 1.81. The number of ketones is 2. The lowest BCUT2D eigenvalue weighted by Gasteiger charge is -1.98. The number of pyridine rings is 1. The van der Waals surface area contributed by atoms with Gasteiger partial charge in [0.25, 0.3) is 0 Å². The number of fused-ring (bicyclic) bond motifs is 1. The van der Waals surface area contributed by atoms with Gasteiger partial charge in [0.1, 0.15) is 0 Å². The van der Waals surface area contributed by atoms with Gasteiger partial charge in [-0.15, -0.1) is 11.3 Å². The molecule has 1 aromatic carbocycles. The van der Waals surface area contributed by atoms with Crippen molar-refractivity contribution in [2.75, 3.05) is 0 Å². The van der Waals surface area contributed by atoms with E-state index in [-0.39, 0.29) is 18.0 Å². The third-order valence-corrected chi connectivity index (χ3v) is 4.18. The Labute approximate surface area is 119 Å². The van der Waals surface area contributed by atoms with Gasteiger partial charge in [0.05, 0.1) is 11.3 Å². The number of thiophene rings is 1. The van der Waals surface area contributed by atoms with E-state index in [9.17, 15) is 9.59 Å². The third kappa shape index (κ3) is 2.51. The fourth-order valence-electron chi connectivity index (χ4n) is 1.99. The molecule has 20 heavy (non-hydrogen) atoms. The molecule has 0 atom stereocenters. The van der Waals surface area contributed by atoms with Crippen LogP contribution in [0.15, 0.2) is 54.9 Å². The van der Waals surface area contributed by atoms with E-state index in [4.69, 9.17) is 0 Å². The summed E-state index contributed by atoms with van der Waals surface area (Å²) in [6.07, 6.45) is 3.01. The van der Waals surface area contributed by atoms with Gasteiger partial charge < -0.3 is 0 Å². The van der Waals surface area contributed by atoms with Crippen LogP contribution in [0, 0.1) is 0 Å². The van der Waals surface area contributed by atoms with Gasteiger partial charge in [-0.25, -0.2) is 0 Å². The average Bonchev–Trinajstić information content (AvgIpc) is 2.92. The predicted molar refractivity (Wildman–Crippen MR) is 79.3 cm³/mol. The Morgan fingerprint density at radius 2 is 1.75 bits per heavy atom. The molecule has 3 rings (SSSR count). The summed E-state index contributed by atoms with van der Waals surface area (Å²) in [7, 11) is 0. The maximum Gasteiger partial charge on any atom is 0.180 e. The molecule has 4 heteroatoms. The molecule has 2 aromatic heterocycles. The van der Waals surface area contributed by atoms with E-state index in [1.165, 1.54) is 11.3 Å². The van der Waals surface area contributed by atoms with Crippen molar-refractivity contribution >= 4 is 33.0 Å². The Morgan fingerprint density at radius 3 is 2.50 bits per heavy atom. The molecule has 3 nitrogen and oxygen atoms in total. The van der Waals surface area contributed by atoms with E-state index in [2.05, 4.69) is 4.98 Å². The Morgan fingerprint density at radius 1 is 1.00 bits per heavy atom. The SMILES string of the molecule is O=C(CC(=O)c1cc2ccccc2s1)c1ccncc1. The van der Waals surface area contributed by atoms with Crippen LogP contribution < -0.4 is 0 Å². The number of carbonyl (C=O) groups is 2. The van der Waals surface area contributed by atoms with Gasteiger partial charge in [0.15, 0.2) is 11.6 Å². The molecule has 0 saturated heterocycles. The maximum atomic E-state index is 12.2. The zero-order valence-corrected chi connectivity index (χ0v) is 11.4. The molecular formula is C16H11NO2S. The molecule has 0 aliphatic rings. The molecule has 0 unspecified atom stereocenters. The lowest BCUT2D eigenvalue weighted by Crippen LogP contribution is -2.07. The lowest BCUT2D eigenvalue weighted by atomic mass is 10.1. The Kier molecular flexibility index (Phi) is 3.39. The average molecular weight is 281 g/mol. The number of rotatable bonds is 4. The van der Waals surface area contributed by atoms with Crippen LogP contribution >= 0.6 is 11.3 Å². The van der Waals surface area contributed by atoms with Crippen LogP contribution in [-0.4, -0.2) is 16.6 Å². The van der Waals surface area contributed by atoms with Gasteiger partial charge in [-0.05, 0) is 29.7 Å². The first-order chi connectivity index (χ1) is 9.74. The van der Waals surface area contributed by atoms with Crippen LogP contribution in [0.4, 0.5) is 0 Å². The number of Topliss-reactive ketones (excluding diaryl/α,β-unsaturated/α-hetero) is 2. The largest absolute Gasteiger partial charge is 0.294 e. The number of aromatic nitrogens is 1. The first-order valence-corrected chi connectivity index (χ1v) is 7.01. The minimum Gasteiger partial charge on any atom is -0.294 e. The molecule has 0 aliphatic carbocycles. The van der Waals surface area contributed by atoms with E-state index in [1.54, 1.807) is 24.5 Å². The highest BCUT2D eigenvalue weighted by atomic mass is 32.1. The summed E-state index contributed by atoms with van der Waals surface area (Å²) in [5.41, 5.74) is 0.523. The highest BCUT2D eigenvalue weighted by Crippen LogP contribution is 2.26. The van der Waals surface area contributed by atoms with Gasteiger partial charge in [0.2, 0.25) is 0 Å². The summed E-state index contributed by atoms with van der Waals surface area (Å²) >= 11 is 1.43. The molecule has 2 heterocycles. The van der Waals surface area contributed by atoms with Crippen LogP contribution in [0.1, 0.15) is 26.5 Å². The summed E-state index contributed by atoms with van der Waals surface area (Å²) in [6.45, 7) is 0. The molecule has 0 bridgehead atoms. The molecule has 3 aromatic rings. The molecule has 98 valence electrons. The number of hydrogen-bond acceptors (Lipinski definition) is 4. The molecule has 0 spiro atoms. The molecule has 0 aliphatic heterocycles. The van der Waals surface area contributed by atoms with Crippen molar-refractivity contribution in [3.8, 4) is 0 Å². The fourth-order valence-corrected chi connectivity index (χ4v) is 2.99. The second-order valence-corrected chi connectivity index (χ2v) is 5.49. The maximum absolute atomic E-state index is 12.2. The topological polar surface area (TPSA) is 47.0 Å². The van der Waals surface area contributed by atoms with Crippen LogP contribution in [0.25, 0.3) is 10.1 Å². The molecule has 0 saturated carbocycles. The van der Waals surface area contributed by atoms with Gasteiger partial charge in [-0.2, -0.15) is 0 Å². The highest BCUT2D eigenvalue weighted by molar-refractivity contribution is 7.20. The number of benzene rings is 1. The number of hydrogen-bond donors (Lipinski definition) is 0. The summed E-state index contributed by atoms with van der Waals surface area (Å²) in [5, 5.41) is 1.04. The monoisotopic (exact) mass is 281 g/mol. The standard InChI is InChI=1S/C16H11NO2S/c18-13(11-5-7-17-8-6-11)10-14(19)16-9-12-3-1-2-4-15(12)20-16/h1-9H,10H2. The van der Waals surface area contributed by atoms with Crippen molar-refractivity contribution in [2.24, 2.45) is 0 Å². The Bertz CT molecular complexity index is 744. The van der Waals surface area contributed by atoms with Gasteiger partial charge in [0, 0.05) is 22.7 Å². The highest BCUT2D eigenvalue weighted by Gasteiger charge is 2.15. The quantitative estimate of drug-likeness (QED) is 0.540. The summed E-state index contributed by atoms with van der Waals surface area (Å²) in [5.74, 6) is -0.303. The smallest absolute Gasteiger partial charge is 0.180 e. The lowest BCUT2D eigenvalue weighted by molar-refractivity contribution is 0.0896. The van der Waals surface area contributed by atoms with Gasteiger partial charge >= 0.3 is 0 Å². The normalized spacial score (nSPS) is 10.6.